The Kier molecular flexibility index (Phi) is 4.43. The van der Waals surface area contributed by atoms with Crippen LogP contribution in [-0.4, -0.2) is 29.8 Å². The maximum Gasteiger partial charge on any atom is 0.313 e. The molecule has 0 aliphatic carbocycles. The first-order chi connectivity index (χ1) is 9.06. The first-order valence-corrected chi connectivity index (χ1v) is 6.80. The second-order valence-corrected chi connectivity index (χ2v) is 5.37. The highest BCUT2D eigenvalue weighted by Crippen LogP contribution is 2.17. The number of carbonyl (C=O) groups excluding carboxylic acids is 2. The minimum Gasteiger partial charge on any atom is -0.334 e. The van der Waals surface area contributed by atoms with Crippen molar-refractivity contribution in [2.75, 3.05) is 18.4 Å². The van der Waals surface area contributed by atoms with E-state index in [9.17, 15) is 9.59 Å². The summed E-state index contributed by atoms with van der Waals surface area (Å²) in [5.74, 6) is -0.415. The third kappa shape index (κ3) is 3.70. The molecule has 0 spiro atoms. The fourth-order valence-corrected chi connectivity index (χ4v) is 2.20. The molecule has 19 heavy (non-hydrogen) atoms. The fraction of sp³-hybridized carbons (Fsp3) is 0.429. The SMILES string of the molecule is CC1CCN(C(=O)C(=O)Nc2ccc(Cl)cc2)CC1. The summed E-state index contributed by atoms with van der Waals surface area (Å²) in [7, 11) is 0. The van der Waals surface area contributed by atoms with E-state index in [1.165, 1.54) is 0 Å². The molecule has 0 bridgehead atoms. The van der Waals surface area contributed by atoms with Crippen molar-refractivity contribution in [2.45, 2.75) is 19.8 Å². The van der Waals surface area contributed by atoms with Crippen LogP contribution in [0.4, 0.5) is 5.69 Å². The minimum atomic E-state index is -0.586. The Morgan fingerprint density at radius 1 is 1.21 bits per heavy atom. The zero-order valence-electron chi connectivity index (χ0n) is 10.9. The summed E-state index contributed by atoms with van der Waals surface area (Å²) in [6.45, 7) is 3.48. The molecule has 0 aromatic heterocycles. The number of amides is 2. The van der Waals surface area contributed by atoms with Crippen molar-refractivity contribution in [3.63, 3.8) is 0 Å². The Balaban J connectivity index is 1.92. The van der Waals surface area contributed by atoms with E-state index < -0.39 is 11.8 Å². The van der Waals surface area contributed by atoms with Gasteiger partial charge in [0.15, 0.2) is 0 Å². The van der Waals surface area contributed by atoms with Gasteiger partial charge in [0, 0.05) is 23.8 Å². The van der Waals surface area contributed by atoms with E-state index in [0.29, 0.717) is 29.7 Å². The van der Waals surface area contributed by atoms with Crippen LogP contribution >= 0.6 is 11.6 Å². The molecule has 2 rings (SSSR count). The smallest absolute Gasteiger partial charge is 0.313 e. The van der Waals surface area contributed by atoms with E-state index in [1.54, 1.807) is 29.2 Å². The lowest BCUT2D eigenvalue weighted by Crippen LogP contribution is -2.43. The molecule has 102 valence electrons. The highest BCUT2D eigenvalue weighted by Gasteiger charge is 2.25. The van der Waals surface area contributed by atoms with Crippen LogP contribution in [0, 0.1) is 5.92 Å². The van der Waals surface area contributed by atoms with Crippen molar-refractivity contribution in [2.24, 2.45) is 5.92 Å². The number of hydrogen-bond donors (Lipinski definition) is 1. The molecular formula is C14H17ClN2O2. The van der Waals surface area contributed by atoms with E-state index >= 15 is 0 Å². The Morgan fingerprint density at radius 2 is 1.79 bits per heavy atom. The monoisotopic (exact) mass is 280 g/mol. The summed E-state index contributed by atoms with van der Waals surface area (Å²) < 4.78 is 0. The number of hydrogen-bond acceptors (Lipinski definition) is 2. The van der Waals surface area contributed by atoms with Gasteiger partial charge in [-0.3, -0.25) is 9.59 Å². The molecule has 1 fully saturated rings. The third-order valence-corrected chi connectivity index (χ3v) is 3.62. The normalized spacial score (nSPS) is 16.2. The van der Waals surface area contributed by atoms with Crippen molar-refractivity contribution >= 4 is 29.1 Å². The van der Waals surface area contributed by atoms with Crippen LogP contribution in [0.15, 0.2) is 24.3 Å². The van der Waals surface area contributed by atoms with Crippen molar-refractivity contribution in [3.8, 4) is 0 Å². The molecule has 1 aromatic carbocycles. The lowest BCUT2D eigenvalue weighted by atomic mass is 9.99. The summed E-state index contributed by atoms with van der Waals surface area (Å²) in [6.07, 6.45) is 1.92. The summed E-state index contributed by atoms with van der Waals surface area (Å²) in [6, 6.07) is 6.69. The summed E-state index contributed by atoms with van der Waals surface area (Å²) in [5.41, 5.74) is 0.577. The number of carbonyl (C=O) groups is 2. The first-order valence-electron chi connectivity index (χ1n) is 6.42. The number of rotatable bonds is 1. The van der Waals surface area contributed by atoms with Crippen molar-refractivity contribution < 1.29 is 9.59 Å². The molecule has 2 amide bonds. The van der Waals surface area contributed by atoms with Crippen LogP contribution in [0.5, 0.6) is 0 Å². The van der Waals surface area contributed by atoms with Crippen LogP contribution in [-0.2, 0) is 9.59 Å². The van der Waals surface area contributed by atoms with Crippen molar-refractivity contribution in [1.82, 2.24) is 4.90 Å². The Morgan fingerprint density at radius 3 is 2.37 bits per heavy atom. The zero-order chi connectivity index (χ0) is 13.8. The molecule has 1 aliphatic heterocycles. The number of halogens is 1. The lowest BCUT2D eigenvalue weighted by Gasteiger charge is -2.29. The van der Waals surface area contributed by atoms with Crippen LogP contribution in [0.25, 0.3) is 0 Å². The van der Waals surface area contributed by atoms with Gasteiger partial charge in [0.25, 0.3) is 0 Å². The number of nitrogens with one attached hydrogen (secondary N) is 1. The molecule has 1 aliphatic rings. The van der Waals surface area contributed by atoms with Crippen molar-refractivity contribution in [1.29, 1.82) is 0 Å². The number of benzene rings is 1. The third-order valence-electron chi connectivity index (χ3n) is 3.37. The molecule has 1 saturated heterocycles. The molecule has 1 N–H and O–H groups in total. The van der Waals surface area contributed by atoms with E-state index in [-0.39, 0.29) is 0 Å². The topological polar surface area (TPSA) is 49.4 Å². The maximum absolute atomic E-state index is 12.0. The molecule has 1 aromatic rings. The lowest BCUT2D eigenvalue weighted by molar-refractivity contribution is -0.144. The molecule has 0 radical (unpaired) electrons. The highest BCUT2D eigenvalue weighted by molar-refractivity contribution is 6.39. The average molecular weight is 281 g/mol. The minimum absolute atomic E-state index is 0.457. The number of piperidine rings is 1. The first kappa shape index (κ1) is 13.9. The van der Waals surface area contributed by atoms with Gasteiger partial charge in [-0.2, -0.15) is 0 Å². The van der Waals surface area contributed by atoms with E-state index in [2.05, 4.69) is 12.2 Å². The second kappa shape index (κ2) is 6.06. The molecule has 0 saturated carbocycles. The standard InChI is InChI=1S/C14H17ClN2O2/c1-10-6-8-17(9-7-10)14(19)13(18)16-12-4-2-11(15)3-5-12/h2-5,10H,6-9H2,1H3,(H,16,18). The average Bonchev–Trinajstić information content (AvgIpc) is 2.41. The van der Waals surface area contributed by atoms with E-state index in [1.807, 2.05) is 0 Å². The zero-order valence-corrected chi connectivity index (χ0v) is 11.6. The summed E-state index contributed by atoms with van der Waals surface area (Å²) in [4.78, 5) is 25.4. The van der Waals surface area contributed by atoms with Crippen molar-refractivity contribution in [3.05, 3.63) is 29.3 Å². The Labute approximate surface area is 117 Å². The van der Waals surface area contributed by atoms with Gasteiger partial charge >= 0.3 is 11.8 Å². The molecule has 1 heterocycles. The van der Waals surface area contributed by atoms with Gasteiger partial charge in [-0.1, -0.05) is 18.5 Å². The van der Waals surface area contributed by atoms with Gasteiger partial charge in [-0.25, -0.2) is 0 Å². The number of likely N-dealkylation sites (tertiary alicyclic amines) is 1. The maximum atomic E-state index is 12.0. The van der Waals surface area contributed by atoms with Gasteiger partial charge in [0.2, 0.25) is 0 Å². The van der Waals surface area contributed by atoms with E-state index in [4.69, 9.17) is 11.6 Å². The van der Waals surface area contributed by atoms with E-state index in [0.717, 1.165) is 12.8 Å². The van der Waals surface area contributed by atoms with Crippen LogP contribution in [0.1, 0.15) is 19.8 Å². The van der Waals surface area contributed by atoms with Gasteiger partial charge in [0.1, 0.15) is 0 Å². The molecule has 4 nitrogen and oxygen atoms in total. The van der Waals surface area contributed by atoms with Gasteiger partial charge in [0.05, 0.1) is 0 Å². The Bertz CT molecular complexity index is 465. The largest absolute Gasteiger partial charge is 0.334 e. The van der Waals surface area contributed by atoms with Crippen LogP contribution < -0.4 is 5.32 Å². The van der Waals surface area contributed by atoms with Gasteiger partial charge < -0.3 is 10.2 Å². The van der Waals surface area contributed by atoms with Gasteiger partial charge in [-0.05, 0) is 43.0 Å². The summed E-state index contributed by atoms with van der Waals surface area (Å²) in [5, 5.41) is 3.18. The predicted molar refractivity (Wildman–Crippen MR) is 75.1 cm³/mol. The Hall–Kier alpha value is -1.55. The molecule has 0 unspecified atom stereocenters. The quantitative estimate of drug-likeness (QED) is 0.804. The highest BCUT2D eigenvalue weighted by atomic mass is 35.5. The summed E-state index contributed by atoms with van der Waals surface area (Å²) >= 11 is 5.76. The molecular weight excluding hydrogens is 264 g/mol. The molecule has 0 atom stereocenters. The number of anilines is 1. The van der Waals surface area contributed by atoms with Crippen LogP contribution in [0.2, 0.25) is 5.02 Å². The predicted octanol–water partition coefficient (Wildman–Crippen LogP) is 2.54. The number of nitrogens with zero attached hydrogens (tertiary/aromatic N) is 1. The fourth-order valence-electron chi connectivity index (χ4n) is 2.07. The van der Waals surface area contributed by atoms with Gasteiger partial charge in [-0.15, -0.1) is 0 Å². The van der Waals surface area contributed by atoms with Crippen LogP contribution in [0.3, 0.4) is 0 Å². The second-order valence-electron chi connectivity index (χ2n) is 4.94. The molecule has 5 heteroatoms.